The van der Waals surface area contributed by atoms with Crippen molar-refractivity contribution in [2.24, 2.45) is 0 Å². The number of piperazine rings is 1. The molecule has 4 aromatic rings. The van der Waals surface area contributed by atoms with E-state index in [1.54, 1.807) is 0 Å². The number of pyridine rings is 1. The van der Waals surface area contributed by atoms with Gasteiger partial charge in [0.15, 0.2) is 5.65 Å². The van der Waals surface area contributed by atoms with Crippen LogP contribution < -0.4 is 0 Å². The summed E-state index contributed by atoms with van der Waals surface area (Å²) in [5.41, 5.74) is 10.1. The Labute approximate surface area is 219 Å². The molecule has 0 saturated carbocycles. The Morgan fingerprint density at radius 2 is 1.59 bits per heavy atom. The van der Waals surface area contributed by atoms with Crippen LogP contribution in [-0.2, 0) is 17.8 Å². The first-order chi connectivity index (χ1) is 17.8. The highest BCUT2D eigenvalue weighted by molar-refractivity contribution is 5.85. The van der Waals surface area contributed by atoms with Crippen molar-refractivity contribution in [3.8, 4) is 5.69 Å². The van der Waals surface area contributed by atoms with E-state index < -0.39 is 0 Å². The number of carbonyl (C=O) groups excluding carboxylic acids is 1. The quantitative estimate of drug-likeness (QED) is 0.367. The van der Waals surface area contributed by atoms with Crippen LogP contribution in [0.5, 0.6) is 0 Å². The van der Waals surface area contributed by atoms with Crippen LogP contribution in [0.15, 0.2) is 48.5 Å². The van der Waals surface area contributed by atoms with Crippen LogP contribution in [0.25, 0.3) is 16.7 Å². The predicted octanol–water partition coefficient (Wildman–Crippen LogP) is 5.24. The van der Waals surface area contributed by atoms with Gasteiger partial charge in [0.25, 0.3) is 0 Å². The molecule has 0 aliphatic carbocycles. The number of aryl methyl sites for hydroxylation is 5. The van der Waals surface area contributed by atoms with Crippen LogP contribution >= 0.6 is 0 Å². The van der Waals surface area contributed by atoms with E-state index in [2.05, 4.69) is 81.1 Å². The van der Waals surface area contributed by atoms with E-state index in [1.165, 1.54) is 27.8 Å². The molecule has 0 atom stereocenters. The third kappa shape index (κ3) is 5.16. The maximum Gasteiger partial charge on any atom is 0.222 e. The normalized spacial score (nSPS) is 14.5. The zero-order chi connectivity index (χ0) is 26.1. The second kappa shape index (κ2) is 10.5. The van der Waals surface area contributed by atoms with E-state index in [4.69, 9.17) is 10.1 Å². The van der Waals surface area contributed by atoms with Crippen molar-refractivity contribution < 1.29 is 4.79 Å². The van der Waals surface area contributed by atoms with Crippen molar-refractivity contribution in [3.05, 3.63) is 87.7 Å². The molecular weight excluding hydrogens is 458 g/mol. The third-order valence-corrected chi connectivity index (χ3v) is 7.87. The lowest BCUT2D eigenvalue weighted by atomic mass is 9.99. The Morgan fingerprint density at radius 3 is 2.30 bits per heavy atom. The molecule has 6 heteroatoms. The predicted molar refractivity (Wildman–Crippen MR) is 149 cm³/mol. The summed E-state index contributed by atoms with van der Waals surface area (Å²) < 4.78 is 1.96. The molecule has 1 aliphatic heterocycles. The molecule has 1 aliphatic rings. The molecule has 2 aromatic carbocycles. The van der Waals surface area contributed by atoms with Gasteiger partial charge in [-0.05, 0) is 81.0 Å². The zero-order valence-electron chi connectivity index (χ0n) is 22.7. The second-order valence-electron chi connectivity index (χ2n) is 10.4. The topological polar surface area (TPSA) is 54.3 Å². The minimum absolute atomic E-state index is 0.237. The van der Waals surface area contributed by atoms with Crippen molar-refractivity contribution in [2.75, 3.05) is 26.2 Å². The fraction of sp³-hybridized carbons (Fsp3) is 0.387. The van der Waals surface area contributed by atoms with Crippen molar-refractivity contribution in [3.63, 3.8) is 0 Å². The first kappa shape index (κ1) is 25.2. The lowest BCUT2D eigenvalue weighted by molar-refractivity contribution is -0.133. The molecule has 1 saturated heterocycles. The Balaban J connectivity index is 1.27. The van der Waals surface area contributed by atoms with Gasteiger partial charge in [0.1, 0.15) is 0 Å². The molecule has 0 spiro atoms. The van der Waals surface area contributed by atoms with Gasteiger partial charge in [-0.15, -0.1) is 0 Å². The molecule has 0 N–H and O–H groups in total. The summed E-state index contributed by atoms with van der Waals surface area (Å²) >= 11 is 0. The molecule has 0 unspecified atom stereocenters. The van der Waals surface area contributed by atoms with E-state index in [0.717, 1.165) is 60.8 Å². The smallest absolute Gasteiger partial charge is 0.222 e. The average Bonchev–Trinajstić information content (AvgIpc) is 3.22. The number of nitrogens with zero attached hydrogens (tertiary/aromatic N) is 5. The van der Waals surface area contributed by atoms with Crippen molar-refractivity contribution in [1.29, 1.82) is 0 Å². The average molecular weight is 496 g/mol. The Hall–Kier alpha value is -3.51. The van der Waals surface area contributed by atoms with Gasteiger partial charge in [-0.25, -0.2) is 9.67 Å². The Bertz CT molecular complexity index is 1430. The van der Waals surface area contributed by atoms with Gasteiger partial charge in [0.2, 0.25) is 5.91 Å². The second-order valence-corrected chi connectivity index (χ2v) is 10.4. The van der Waals surface area contributed by atoms with E-state index in [9.17, 15) is 4.79 Å². The number of rotatable bonds is 6. The Kier molecular flexibility index (Phi) is 7.11. The molecule has 5 rings (SSSR count). The summed E-state index contributed by atoms with van der Waals surface area (Å²) in [6.45, 7) is 14.9. The number of hydrogen-bond acceptors (Lipinski definition) is 4. The van der Waals surface area contributed by atoms with Crippen LogP contribution in [0.3, 0.4) is 0 Å². The van der Waals surface area contributed by atoms with E-state index in [-0.39, 0.29) is 5.91 Å². The molecule has 1 fully saturated rings. The fourth-order valence-corrected chi connectivity index (χ4v) is 5.50. The Morgan fingerprint density at radius 1 is 0.865 bits per heavy atom. The molecule has 3 heterocycles. The lowest BCUT2D eigenvalue weighted by Crippen LogP contribution is -2.48. The van der Waals surface area contributed by atoms with Gasteiger partial charge in [-0.3, -0.25) is 9.69 Å². The van der Waals surface area contributed by atoms with E-state index >= 15 is 0 Å². The summed E-state index contributed by atoms with van der Waals surface area (Å²) in [6, 6.07) is 17.0. The first-order valence-electron chi connectivity index (χ1n) is 13.3. The molecule has 0 radical (unpaired) electrons. The van der Waals surface area contributed by atoms with Crippen LogP contribution in [0, 0.1) is 34.6 Å². The molecule has 2 aromatic heterocycles. The van der Waals surface area contributed by atoms with Gasteiger partial charge in [0.05, 0.1) is 11.4 Å². The van der Waals surface area contributed by atoms with E-state index in [1.807, 2.05) is 16.5 Å². The SMILES string of the molecule is Cc1ccc(-n2nc(C)c3c(C)c(CCC(=O)N4CCN(Cc5ccccc5)CC4)c(C)nc32)cc1C. The lowest BCUT2D eigenvalue weighted by Gasteiger charge is -2.35. The minimum Gasteiger partial charge on any atom is -0.340 e. The third-order valence-electron chi connectivity index (χ3n) is 7.87. The summed E-state index contributed by atoms with van der Waals surface area (Å²) in [6.07, 6.45) is 1.22. The molecule has 37 heavy (non-hydrogen) atoms. The highest BCUT2D eigenvalue weighted by Crippen LogP contribution is 2.29. The highest BCUT2D eigenvalue weighted by atomic mass is 16.2. The fourth-order valence-electron chi connectivity index (χ4n) is 5.50. The van der Waals surface area contributed by atoms with Gasteiger partial charge >= 0.3 is 0 Å². The molecule has 0 bridgehead atoms. The maximum atomic E-state index is 13.1. The summed E-state index contributed by atoms with van der Waals surface area (Å²) in [5.74, 6) is 0.237. The van der Waals surface area contributed by atoms with Crippen molar-refractivity contribution in [1.82, 2.24) is 24.6 Å². The van der Waals surface area contributed by atoms with Crippen LogP contribution in [0.4, 0.5) is 0 Å². The first-order valence-corrected chi connectivity index (χ1v) is 13.3. The van der Waals surface area contributed by atoms with Gasteiger partial charge < -0.3 is 4.90 Å². The standard InChI is InChI=1S/C31H37N5O/c1-21-11-12-27(19-22(21)2)36-31-30(25(5)33-36)23(3)28(24(4)32-31)13-14-29(37)35-17-15-34(16-18-35)20-26-9-7-6-8-10-26/h6-12,19H,13-18,20H2,1-5H3. The number of carbonyl (C=O) groups is 1. The van der Waals surface area contributed by atoms with Gasteiger partial charge in [0, 0.05) is 50.2 Å². The zero-order valence-corrected chi connectivity index (χ0v) is 22.7. The van der Waals surface area contributed by atoms with Crippen LogP contribution in [-0.4, -0.2) is 56.7 Å². The summed E-state index contributed by atoms with van der Waals surface area (Å²) in [4.78, 5) is 22.6. The monoisotopic (exact) mass is 495 g/mol. The van der Waals surface area contributed by atoms with Gasteiger partial charge in [-0.1, -0.05) is 36.4 Å². The summed E-state index contributed by atoms with van der Waals surface area (Å²) in [5, 5.41) is 5.95. The van der Waals surface area contributed by atoms with Crippen LogP contribution in [0.1, 0.15) is 45.6 Å². The summed E-state index contributed by atoms with van der Waals surface area (Å²) in [7, 11) is 0. The van der Waals surface area contributed by atoms with Gasteiger partial charge in [-0.2, -0.15) is 5.10 Å². The maximum absolute atomic E-state index is 13.1. The highest BCUT2D eigenvalue weighted by Gasteiger charge is 2.23. The number of hydrogen-bond donors (Lipinski definition) is 0. The molecule has 192 valence electrons. The molecule has 6 nitrogen and oxygen atoms in total. The largest absolute Gasteiger partial charge is 0.340 e. The minimum atomic E-state index is 0.237. The number of aromatic nitrogens is 3. The number of benzene rings is 2. The number of fused-ring (bicyclic) bond motifs is 1. The van der Waals surface area contributed by atoms with Crippen LogP contribution in [0.2, 0.25) is 0 Å². The number of amides is 1. The van der Waals surface area contributed by atoms with Crippen molar-refractivity contribution in [2.45, 2.75) is 54.0 Å². The van der Waals surface area contributed by atoms with E-state index in [0.29, 0.717) is 12.8 Å². The molecule has 1 amide bonds. The van der Waals surface area contributed by atoms with Crippen molar-refractivity contribution >= 4 is 16.9 Å². The molecular formula is C31H37N5O.